The summed E-state index contributed by atoms with van der Waals surface area (Å²) in [6.07, 6.45) is 2.47. The van der Waals surface area contributed by atoms with Gasteiger partial charge in [0.2, 0.25) is 5.79 Å². The van der Waals surface area contributed by atoms with Crippen LogP contribution in [0.5, 0.6) is 5.75 Å². The maximum atomic E-state index is 11.9. The second kappa shape index (κ2) is 11.8. The second-order valence-electron chi connectivity index (χ2n) is 9.00. The number of benzene rings is 2. The minimum absolute atomic E-state index is 0.252. The van der Waals surface area contributed by atoms with Crippen molar-refractivity contribution in [1.82, 2.24) is 19.7 Å². The Bertz CT molecular complexity index is 1220. The number of halogens is 2. The molecule has 10 nitrogen and oxygen atoms in total. The molecule has 1 aromatic heterocycles. The van der Waals surface area contributed by atoms with Crippen LogP contribution in [-0.2, 0) is 26.5 Å². The first-order valence-electron chi connectivity index (χ1n) is 12.4. The van der Waals surface area contributed by atoms with Gasteiger partial charge >= 0.3 is 6.09 Å². The van der Waals surface area contributed by atoms with Crippen LogP contribution in [0.15, 0.2) is 55.1 Å². The summed E-state index contributed by atoms with van der Waals surface area (Å²) in [5.74, 6) is -0.431. The second-order valence-corrected chi connectivity index (χ2v) is 9.84. The van der Waals surface area contributed by atoms with Gasteiger partial charge in [-0.05, 0) is 43.3 Å². The molecule has 0 saturated carbocycles. The summed E-state index contributed by atoms with van der Waals surface area (Å²) in [6, 6.07) is 13.1. The van der Waals surface area contributed by atoms with E-state index < -0.39 is 5.79 Å². The lowest BCUT2D eigenvalue weighted by atomic mass is 10.1. The van der Waals surface area contributed by atoms with Gasteiger partial charge in [-0.15, -0.1) is 0 Å². The SMILES string of the molecule is CCOC(=O)N1CCN(c2ccc(OC[C@@H]3CO[C@@](Cn4cncn4)(c4ccc(Cl)cc4Cl)O3)cc2)CC1. The third-order valence-electron chi connectivity index (χ3n) is 6.48. The molecule has 2 saturated heterocycles. The number of anilines is 1. The van der Waals surface area contributed by atoms with E-state index in [-0.39, 0.29) is 18.7 Å². The van der Waals surface area contributed by atoms with Gasteiger partial charge in [0, 0.05) is 42.5 Å². The summed E-state index contributed by atoms with van der Waals surface area (Å²) in [5, 5.41) is 5.17. The Morgan fingerprint density at radius 3 is 2.61 bits per heavy atom. The van der Waals surface area contributed by atoms with Crippen LogP contribution in [0, 0.1) is 0 Å². The minimum Gasteiger partial charge on any atom is -0.491 e. The zero-order valence-corrected chi connectivity index (χ0v) is 22.5. The van der Waals surface area contributed by atoms with E-state index in [2.05, 4.69) is 15.0 Å². The summed E-state index contributed by atoms with van der Waals surface area (Å²) in [4.78, 5) is 19.9. The van der Waals surface area contributed by atoms with E-state index in [1.165, 1.54) is 6.33 Å². The van der Waals surface area contributed by atoms with E-state index in [9.17, 15) is 4.79 Å². The smallest absolute Gasteiger partial charge is 0.409 e. The van der Waals surface area contributed by atoms with E-state index in [0.717, 1.165) is 24.5 Å². The third-order valence-corrected chi connectivity index (χ3v) is 7.03. The van der Waals surface area contributed by atoms with Crippen molar-refractivity contribution in [1.29, 1.82) is 0 Å². The molecule has 2 aromatic carbocycles. The van der Waals surface area contributed by atoms with Gasteiger partial charge in [-0.1, -0.05) is 29.3 Å². The lowest BCUT2D eigenvalue weighted by Crippen LogP contribution is -2.48. The molecule has 2 aliphatic heterocycles. The Hall–Kier alpha value is -3.05. The van der Waals surface area contributed by atoms with Gasteiger partial charge in [-0.2, -0.15) is 5.10 Å². The molecule has 0 unspecified atom stereocenters. The lowest BCUT2D eigenvalue weighted by Gasteiger charge is -2.35. The minimum atomic E-state index is -1.15. The highest BCUT2D eigenvalue weighted by molar-refractivity contribution is 6.35. The molecule has 2 fully saturated rings. The topological polar surface area (TPSA) is 91.2 Å². The van der Waals surface area contributed by atoms with E-state index in [1.807, 2.05) is 31.2 Å². The molecule has 12 heteroatoms. The number of ether oxygens (including phenoxy) is 4. The van der Waals surface area contributed by atoms with Crippen LogP contribution in [0.4, 0.5) is 10.5 Å². The number of carbonyl (C=O) groups is 1. The molecule has 2 aliphatic rings. The Morgan fingerprint density at radius 2 is 1.92 bits per heavy atom. The highest BCUT2D eigenvalue weighted by Crippen LogP contribution is 2.40. The summed E-state index contributed by atoms with van der Waals surface area (Å²) >= 11 is 12.6. The number of hydrogen-bond acceptors (Lipinski definition) is 8. The molecular weight excluding hydrogens is 533 g/mol. The summed E-state index contributed by atoms with van der Waals surface area (Å²) < 4.78 is 25.4. The summed E-state index contributed by atoms with van der Waals surface area (Å²) in [7, 11) is 0. The third kappa shape index (κ3) is 5.99. The zero-order chi connectivity index (χ0) is 26.5. The number of amides is 1. The molecule has 1 amide bonds. The summed E-state index contributed by atoms with van der Waals surface area (Å²) in [6.45, 7) is 5.82. The van der Waals surface area contributed by atoms with Gasteiger partial charge in [-0.3, -0.25) is 0 Å². The number of aromatic nitrogens is 3. The van der Waals surface area contributed by atoms with Gasteiger partial charge < -0.3 is 28.7 Å². The van der Waals surface area contributed by atoms with Crippen molar-refractivity contribution in [3.63, 3.8) is 0 Å². The van der Waals surface area contributed by atoms with Crippen molar-refractivity contribution in [2.24, 2.45) is 0 Å². The molecule has 0 bridgehead atoms. The lowest BCUT2D eigenvalue weighted by molar-refractivity contribution is -0.190. The summed E-state index contributed by atoms with van der Waals surface area (Å²) in [5.41, 5.74) is 1.74. The molecule has 3 aromatic rings. The highest BCUT2D eigenvalue weighted by Gasteiger charge is 2.45. The molecule has 0 N–H and O–H groups in total. The number of nitrogens with zero attached hydrogens (tertiary/aromatic N) is 5. The first-order chi connectivity index (χ1) is 18.5. The standard InChI is InChI=1S/C26H29Cl2N5O5/c1-2-35-25(34)32-11-9-31(10-12-32)20-4-6-21(7-5-20)36-14-22-15-37-26(38-22,16-33-18-29-17-30-33)23-8-3-19(27)13-24(23)28/h3-8,13,17-18,22H,2,9-12,14-16H2,1H3/t22-,26-/m1/s1. The van der Waals surface area contributed by atoms with E-state index in [0.29, 0.717) is 48.5 Å². The Labute approximate surface area is 230 Å². The molecule has 0 spiro atoms. The van der Waals surface area contributed by atoms with E-state index in [1.54, 1.807) is 34.1 Å². The van der Waals surface area contributed by atoms with Crippen LogP contribution in [0.3, 0.4) is 0 Å². The Kier molecular flexibility index (Phi) is 8.23. The van der Waals surface area contributed by atoms with Crippen molar-refractivity contribution >= 4 is 35.0 Å². The number of rotatable bonds is 8. The fraction of sp³-hybridized carbons (Fsp3) is 0.423. The van der Waals surface area contributed by atoms with Gasteiger partial charge in [0.15, 0.2) is 0 Å². The first kappa shape index (κ1) is 26.6. The molecule has 2 atom stereocenters. The Morgan fingerprint density at radius 1 is 1.13 bits per heavy atom. The number of carbonyl (C=O) groups excluding carboxylic acids is 1. The van der Waals surface area contributed by atoms with Gasteiger partial charge in [-0.25, -0.2) is 14.5 Å². The average Bonchev–Trinajstić information content (AvgIpc) is 3.59. The largest absolute Gasteiger partial charge is 0.491 e. The quantitative estimate of drug-likeness (QED) is 0.404. The van der Waals surface area contributed by atoms with Crippen LogP contribution in [0.2, 0.25) is 10.0 Å². The Balaban J connectivity index is 1.19. The molecule has 202 valence electrons. The van der Waals surface area contributed by atoms with Gasteiger partial charge in [0.25, 0.3) is 0 Å². The maximum Gasteiger partial charge on any atom is 0.409 e. The van der Waals surface area contributed by atoms with Crippen LogP contribution >= 0.6 is 23.2 Å². The van der Waals surface area contributed by atoms with Crippen molar-refractivity contribution in [3.8, 4) is 5.75 Å². The van der Waals surface area contributed by atoms with Crippen LogP contribution in [0.25, 0.3) is 0 Å². The number of piperazine rings is 1. The van der Waals surface area contributed by atoms with Crippen molar-refractivity contribution < 1.29 is 23.7 Å². The first-order valence-corrected chi connectivity index (χ1v) is 13.2. The zero-order valence-electron chi connectivity index (χ0n) is 21.0. The van der Waals surface area contributed by atoms with E-state index >= 15 is 0 Å². The van der Waals surface area contributed by atoms with Crippen molar-refractivity contribution in [2.75, 3.05) is 50.9 Å². The molecule has 0 radical (unpaired) electrons. The molecular formula is C26H29Cl2N5O5. The normalized spacial score (nSPS) is 21.5. The molecule has 38 heavy (non-hydrogen) atoms. The van der Waals surface area contributed by atoms with Crippen LogP contribution in [-0.4, -0.2) is 77.9 Å². The molecule has 0 aliphatic carbocycles. The van der Waals surface area contributed by atoms with E-state index in [4.69, 9.17) is 42.1 Å². The van der Waals surface area contributed by atoms with Crippen LogP contribution < -0.4 is 9.64 Å². The predicted octanol–water partition coefficient (Wildman–Crippen LogP) is 4.21. The average molecular weight is 562 g/mol. The fourth-order valence-electron chi connectivity index (χ4n) is 4.59. The van der Waals surface area contributed by atoms with Crippen LogP contribution in [0.1, 0.15) is 12.5 Å². The fourth-order valence-corrected chi connectivity index (χ4v) is 5.14. The van der Waals surface area contributed by atoms with Gasteiger partial charge in [0.05, 0.1) is 18.2 Å². The number of hydrogen-bond donors (Lipinski definition) is 0. The molecule has 3 heterocycles. The highest BCUT2D eigenvalue weighted by atomic mass is 35.5. The molecule has 5 rings (SSSR count). The van der Waals surface area contributed by atoms with Crippen molar-refractivity contribution in [2.45, 2.75) is 25.4 Å². The maximum absolute atomic E-state index is 11.9. The van der Waals surface area contributed by atoms with Gasteiger partial charge in [0.1, 0.15) is 37.7 Å². The predicted molar refractivity (Wildman–Crippen MR) is 142 cm³/mol. The monoisotopic (exact) mass is 561 g/mol. The van der Waals surface area contributed by atoms with Crippen molar-refractivity contribution in [3.05, 3.63) is 70.7 Å².